The molecule has 3 atom stereocenters. The second kappa shape index (κ2) is 10.3. The highest BCUT2D eigenvalue weighted by molar-refractivity contribution is 5.73. The van der Waals surface area contributed by atoms with Crippen molar-refractivity contribution in [2.45, 2.75) is 71.8 Å². The fourth-order valence-corrected chi connectivity index (χ4v) is 3.91. The lowest BCUT2D eigenvalue weighted by Crippen LogP contribution is -2.33. The van der Waals surface area contributed by atoms with E-state index in [9.17, 15) is 14.4 Å². The van der Waals surface area contributed by atoms with Crippen LogP contribution in [0.25, 0.3) is 0 Å². The first-order valence-electron chi connectivity index (χ1n) is 9.94. The van der Waals surface area contributed by atoms with Crippen LogP contribution < -0.4 is 11.2 Å². The smallest absolute Gasteiger partial charge is 0.328 e. The molecule has 6 nitrogen and oxygen atoms in total. The summed E-state index contributed by atoms with van der Waals surface area (Å²) in [5, 5.41) is 0. The number of hydrogen-bond donors (Lipinski definition) is 1. The summed E-state index contributed by atoms with van der Waals surface area (Å²) in [6, 6.07) is 1.37. The number of aromatic amines is 1. The number of hydrogen-bond acceptors (Lipinski definition) is 4. The van der Waals surface area contributed by atoms with Gasteiger partial charge in [0.25, 0.3) is 5.56 Å². The van der Waals surface area contributed by atoms with E-state index in [1.165, 1.54) is 16.8 Å². The molecule has 3 unspecified atom stereocenters. The number of carbonyl (C=O) groups excluding carboxylic acids is 1. The molecule has 0 amide bonds. The van der Waals surface area contributed by atoms with E-state index in [1.54, 1.807) is 0 Å². The van der Waals surface area contributed by atoms with Gasteiger partial charge in [0, 0.05) is 18.8 Å². The average molecular weight is 364 g/mol. The fourth-order valence-electron chi connectivity index (χ4n) is 3.91. The summed E-state index contributed by atoms with van der Waals surface area (Å²) in [6.07, 6.45) is 9.35. The van der Waals surface area contributed by atoms with Gasteiger partial charge in [-0.15, -0.1) is 0 Å². The SMILES string of the molecule is CC1CC(C)C(C(=O)OCCCCCCCCn2c(=O)cc[nH]c2=O)C1. The lowest BCUT2D eigenvalue weighted by molar-refractivity contribution is -0.149. The van der Waals surface area contributed by atoms with Gasteiger partial charge >= 0.3 is 11.7 Å². The van der Waals surface area contributed by atoms with E-state index in [0.717, 1.165) is 51.4 Å². The number of esters is 1. The van der Waals surface area contributed by atoms with Crippen LogP contribution in [-0.2, 0) is 16.1 Å². The maximum absolute atomic E-state index is 12.1. The minimum Gasteiger partial charge on any atom is -0.465 e. The second-order valence-corrected chi connectivity index (χ2v) is 7.72. The molecule has 1 aliphatic carbocycles. The molecule has 1 fully saturated rings. The first-order chi connectivity index (χ1) is 12.5. The van der Waals surface area contributed by atoms with Gasteiger partial charge in [0.2, 0.25) is 0 Å². The zero-order chi connectivity index (χ0) is 18.9. The quantitative estimate of drug-likeness (QED) is 0.511. The van der Waals surface area contributed by atoms with Crippen LogP contribution in [-0.4, -0.2) is 22.1 Å². The molecule has 0 bridgehead atoms. The third-order valence-corrected chi connectivity index (χ3v) is 5.38. The summed E-state index contributed by atoms with van der Waals surface area (Å²) in [6.45, 7) is 5.33. The molecule has 2 rings (SSSR count). The van der Waals surface area contributed by atoms with Gasteiger partial charge in [0.15, 0.2) is 0 Å². The monoisotopic (exact) mass is 364 g/mol. The van der Waals surface area contributed by atoms with Crippen molar-refractivity contribution >= 4 is 5.97 Å². The highest BCUT2D eigenvalue weighted by atomic mass is 16.5. The number of H-pyrrole nitrogens is 1. The number of nitrogens with one attached hydrogen (secondary N) is 1. The molecule has 0 spiro atoms. The number of rotatable bonds is 10. The van der Waals surface area contributed by atoms with Crippen LogP contribution in [0.4, 0.5) is 0 Å². The van der Waals surface area contributed by atoms with E-state index in [0.29, 0.717) is 25.0 Å². The molecule has 1 heterocycles. The Morgan fingerprint density at radius 2 is 1.81 bits per heavy atom. The third-order valence-electron chi connectivity index (χ3n) is 5.38. The first kappa shape index (κ1) is 20.5. The van der Waals surface area contributed by atoms with Crippen LogP contribution in [0, 0.1) is 17.8 Å². The second-order valence-electron chi connectivity index (χ2n) is 7.72. The molecule has 6 heteroatoms. The van der Waals surface area contributed by atoms with Gasteiger partial charge in [-0.3, -0.25) is 14.2 Å². The summed E-state index contributed by atoms with van der Waals surface area (Å²) in [5.41, 5.74) is -0.591. The van der Waals surface area contributed by atoms with E-state index in [-0.39, 0.29) is 23.1 Å². The zero-order valence-electron chi connectivity index (χ0n) is 16.0. The summed E-state index contributed by atoms with van der Waals surface area (Å²) in [7, 11) is 0. The molecule has 1 aromatic rings. The Balaban J connectivity index is 1.49. The van der Waals surface area contributed by atoms with Crippen molar-refractivity contribution in [3.8, 4) is 0 Å². The highest BCUT2D eigenvalue weighted by Crippen LogP contribution is 2.36. The lowest BCUT2D eigenvalue weighted by Gasteiger charge is -2.14. The van der Waals surface area contributed by atoms with E-state index in [2.05, 4.69) is 18.8 Å². The maximum Gasteiger partial charge on any atom is 0.328 e. The normalized spacial score (nSPS) is 22.5. The number of aromatic nitrogens is 2. The summed E-state index contributed by atoms with van der Waals surface area (Å²) < 4.78 is 6.68. The Labute approximate surface area is 155 Å². The van der Waals surface area contributed by atoms with Gasteiger partial charge in [-0.25, -0.2) is 4.79 Å². The van der Waals surface area contributed by atoms with Crippen molar-refractivity contribution in [1.29, 1.82) is 0 Å². The molecule has 1 saturated carbocycles. The predicted molar refractivity (Wildman–Crippen MR) is 101 cm³/mol. The van der Waals surface area contributed by atoms with Crippen molar-refractivity contribution < 1.29 is 9.53 Å². The first-order valence-corrected chi connectivity index (χ1v) is 9.94. The predicted octanol–water partition coefficient (Wildman–Crippen LogP) is 3.10. The third kappa shape index (κ3) is 6.15. The van der Waals surface area contributed by atoms with Crippen molar-refractivity contribution in [3.63, 3.8) is 0 Å². The van der Waals surface area contributed by atoms with Crippen molar-refractivity contribution in [2.24, 2.45) is 17.8 Å². The Kier molecular flexibility index (Phi) is 8.13. The van der Waals surface area contributed by atoms with E-state index < -0.39 is 0 Å². The van der Waals surface area contributed by atoms with Gasteiger partial charge in [0.1, 0.15) is 0 Å². The molecule has 1 aliphatic rings. The minimum absolute atomic E-state index is 0.0135. The van der Waals surface area contributed by atoms with Crippen LogP contribution in [0.1, 0.15) is 65.2 Å². The maximum atomic E-state index is 12.1. The molecule has 146 valence electrons. The van der Waals surface area contributed by atoms with Gasteiger partial charge in [-0.2, -0.15) is 0 Å². The summed E-state index contributed by atoms with van der Waals surface area (Å²) in [4.78, 5) is 37.7. The molecule has 1 N–H and O–H groups in total. The topological polar surface area (TPSA) is 81.2 Å². The zero-order valence-corrected chi connectivity index (χ0v) is 16.0. The van der Waals surface area contributed by atoms with Gasteiger partial charge in [-0.05, 0) is 37.5 Å². The van der Waals surface area contributed by atoms with Crippen LogP contribution in [0.5, 0.6) is 0 Å². The minimum atomic E-state index is -0.342. The Hall–Kier alpha value is -1.85. The van der Waals surface area contributed by atoms with E-state index in [4.69, 9.17) is 4.74 Å². The number of nitrogens with zero attached hydrogens (tertiary/aromatic N) is 1. The number of ether oxygens (including phenoxy) is 1. The Morgan fingerprint density at radius 3 is 2.46 bits per heavy atom. The molecule has 0 saturated heterocycles. The summed E-state index contributed by atoms with van der Waals surface area (Å²) >= 11 is 0. The molecular formula is C20H32N2O4. The highest BCUT2D eigenvalue weighted by Gasteiger charge is 2.34. The molecule has 0 aromatic carbocycles. The van der Waals surface area contributed by atoms with Crippen LogP contribution >= 0.6 is 0 Å². The average Bonchev–Trinajstić information content (AvgIpc) is 2.94. The van der Waals surface area contributed by atoms with E-state index in [1.807, 2.05) is 0 Å². The van der Waals surface area contributed by atoms with Crippen LogP contribution in [0.15, 0.2) is 21.9 Å². The Bertz CT molecular complexity index is 651. The molecule has 26 heavy (non-hydrogen) atoms. The van der Waals surface area contributed by atoms with Crippen molar-refractivity contribution in [2.75, 3.05) is 6.61 Å². The summed E-state index contributed by atoms with van der Waals surface area (Å²) in [5.74, 6) is 1.15. The number of carbonyl (C=O) groups is 1. The van der Waals surface area contributed by atoms with Gasteiger partial charge in [0.05, 0.1) is 12.5 Å². The van der Waals surface area contributed by atoms with E-state index >= 15 is 0 Å². The fraction of sp³-hybridized carbons (Fsp3) is 0.750. The number of unbranched alkanes of at least 4 members (excludes halogenated alkanes) is 5. The van der Waals surface area contributed by atoms with Gasteiger partial charge in [-0.1, -0.05) is 39.5 Å². The molecular weight excluding hydrogens is 332 g/mol. The van der Waals surface area contributed by atoms with Crippen molar-refractivity contribution in [3.05, 3.63) is 33.1 Å². The standard InChI is InChI=1S/C20H32N2O4/c1-15-13-16(2)17(14-15)19(24)26-12-8-6-4-3-5-7-11-22-18(23)9-10-21-20(22)25/h9-10,15-17H,3-8,11-14H2,1-2H3,(H,21,25). The molecule has 0 radical (unpaired) electrons. The largest absolute Gasteiger partial charge is 0.465 e. The lowest BCUT2D eigenvalue weighted by atomic mass is 9.99. The Morgan fingerprint density at radius 1 is 1.12 bits per heavy atom. The molecule has 0 aliphatic heterocycles. The molecule has 1 aromatic heterocycles. The van der Waals surface area contributed by atoms with Crippen LogP contribution in [0.2, 0.25) is 0 Å². The van der Waals surface area contributed by atoms with Crippen LogP contribution in [0.3, 0.4) is 0 Å². The van der Waals surface area contributed by atoms with Gasteiger partial charge < -0.3 is 9.72 Å². The van der Waals surface area contributed by atoms with Crippen molar-refractivity contribution in [1.82, 2.24) is 9.55 Å².